The highest BCUT2D eigenvalue weighted by Crippen LogP contribution is 2.36. The number of hydrogen-bond donors (Lipinski definition) is 2. The van der Waals surface area contributed by atoms with Crippen LogP contribution in [0.1, 0.15) is 0 Å². The number of H-pyrrole nitrogens is 1. The molecule has 0 amide bonds. The van der Waals surface area contributed by atoms with Crippen LogP contribution in [-0.2, 0) is 0 Å². The quantitative estimate of drug-likeness (QED) is 0.564. The number of halogens is 1. The number of ether oxygens (including phenoxy) is 2. The molecule has 0 aliphatic carbocycles. The van der Waals surface area contributed by atoms with Gasteiger partial charge in [0, 0.05) is 16.6 Å². The number of anilines is 2. The van der Waals surface area contributed by atoms with Crippen LogP contribution in [-0.4, -0.2) is 26.4 Å². The lowest BCUT2D eigenvalue weighted by atomic mass is 10.3. The standard InChI is InChI=1S/C15H10BrN5O2/c16-8-3-1-2-4-9(8)17-14-19-15-18-10-5-12-13(23-7-22-12)6-11(10)21(15)20-14/h1-6H,7H2,(H2,17,18,19,20). The normalized spacial score (nSPS) is 13.1. The smallest absolute Gasteiger partial charge is 0.253 e. The molecule has 0 unspecified atom stereocenters. The molecule has 0 saturated carbocycles. The molecule has 0 bridgehead atoms. The monoisotopic (exact) mass is 371 g/mol. The molecule has 0 atom stereocenters. The molecule has 2 aromatic heterocycles. The predicted octanol–water partition coefficient (Wildman–Crippen LogP) is 3.45. The van der Waals surface area contributed by atoms with E-state index in [4.69, 9.17) is 9.47 Å². The van der Waals surface area contributed by atoms with Gasteiger partial charge in [0.2, 0.25) is 12.7 Å². The Labute approximate surface area is 138 Å². The van der Waals surface area contributed by atoms with Crippen LogP contribution in [0.2, 0.25) is 0 Å². The summed E-state index contributed by atoms with van der Waals surface area (Å²) in [7, 11) is 0. The summed E-state index contributed by atoms with van der Waals surface area (Å²) in [5.41, 5.74) is 2.61. The number of aromatic nitrogens is 4. The topological polar surface area (TPSA) is 76.5 Å². The van der Waals surface area contributed by atoms with E-state index in [9.17, 15) is 0 Å². The third-order valence-electron chi connectivity index (χ3n) is 3.69. The van der Waals surface area contributed by atoms with Gasteiger partial charge in [0.05, 0.1) is 16.7 Å². The summed E-state index contributed by atoms with van der Waals surface area (Å²) in [6, 6.07) is 11.6. The Kier molecular flexibility index (Phi) is 2.57. The van der Waals surface area contributed by atoms with Crippen LogP contribution < -0.4 is 14.8 Å². The fourth-order valence-corrected chi connectivity index (χ4v) is 3.00. The summed E-state index contributed by atoms with van der Waals surface area (Å²) >= 11 is 3.50. The Bertz CT molecular complexity index is 1050. The first-order valence-corrected chi connectivity index (χ1v) is 7.76. The van der Waals surface area contributed by atoms with Gasteiger partial charge in [-0.15, -0.1) is 0 Å². The van der Waals surface area contributed by atoms with Gasteiger partial charge in [-0.1, -0.05) is 12.1 Å². The van der Waals surface area contributed by atoms with Crippen molar-refractivity contribution >= 4 is 44.4 Å². The van der Waals surface area contributed by atoms with E-state index in [0.717, 1.165) is 21.2 Å². The highest BCUT2D eigenvalue weighted by atomic mass is 79.9. The maximum atomic E-state index is 5.42. The summed E-state index contributed by atoms with van der Waals surface area (Å²) in [4.78, 5) is 8.98. The molecule has 0 saturated heterocycles. The van der Waals surface area contributed by atoms with Crippen LogP contribution in [0.4, 0.5) is 11.6 Å². The molecule has 5 rings (SSSR count). The van der Waals surface area contributed by atoms with Gasteiger partial charge in [0.25, 0.3) is 5.78 Å². The first-order valence-electron chi connectivity index (χ1n) is 6.97. The Hall–Kier alpha value is -2.74. The van der Waals surface area contributed by atoms with Gasteiger partial charge in [-0.05, 0) is 28.1 Å². The summed E-state index contributed by atoms with van der Waals surface area (Å²) in [5.74, 6) is 2.62. The number of para-hydroxylation sites is 1. The number of aromatic amines is 1. The van der Waals surface area contributed by atoms with Gasteiger partial charge in [0.15, 0.2) is 11.5 Å². The Morgan fingerprint density at radius 2 is 1.96 bits per heavy atom. The number of hydrogen-bond acceptors (Lipinski definition) is 5. The third-order valence-corrected chi connectivity index (χ3v) is 4.38. The molecule has 2 N–H and O–H groups in total. The molecule has 1 aliphatic rings. The molecule has 23 heavy (non-hydrogen) atoms. The Morgan fingerprint density at radius 3 is 2.83 bits per heavy atom. The van der Waals surface area contributed by atoms with Crippen LogP contribution in [0.15, 0.2) is 40.9 Å². The molecular weight excluding hydrogens is 362 g/mol. The van der Waals surface area contributed by atoms with E-state index < -0.39 is 0 Å². The second-order valence-electron chi connectivity index (χ2n) is 5.12. The van der Waals surface area contributed by atoms with E-state index in [0.29, 0.717) is 23.2 Å². The van der Waals surface area contributed by atoms with E-state index in [1.807, 2.05) is 40.9 Å². The molecule has 2 aromatic carbocycles. The summed E-state index contributed by atoms with van der Waals surface area (Å²) in [6.45, 7) is 0.244. The lowest BCUT2D eigenvalue weighted by Crippen LogP contribution is -1.94. The zero-order valence-corrected chi connectivity index (χ0v) is 13.3. The van der Waals surface area contributed by atoms with Gasteiger partial charge in [-0.3, -0.25) is 5.10 Å². The van der Waals surface area contributed by atoms with E-state index in [1.54, 1.807) is 0 Å². The van der Waals surface area contributed by atoms with E-state index in [-0.39, 0.29) is 6.79 Å². The second-order valence-corrected chi connectivity index (χ2v) is 5.97. The number of fused-ring (bicyclic) bond motifs is 4. The summed E-state index contributed by atoms with van der Waals surface area (Å²) in [6.07, 6.45) is 0. The second kappa shape index (κ2) is 4.63. The van der Waals surface area contributed by atoms with Crippen LogP contribution in [0.25, 0.3) is 16.8 Å². The van der Waals surface area contributed by atoms with Crippen molar-refractivity contribution in [1.82, 2.24) is 19.6 Å². The van der Waals surface area contributed by atoms with Gasteiger partial charge in [-0.25, -0.2) is 9.50 Å². The molecule has 3 heterocycles. The number of imidazole rings is 1. The minimum Gasteiger partial charge on any atom is -0.454 e. The van der Waals surface area contributed by atoms with Crippen molar-refractivity contribution in [2.24, 2.45) is 0 Å². The molecule has 0 spiro atoms. The number of benzene rings is 2. The molecule has 0 fully saturated rings. The summed E-state index contributed by atoms with van der Waals surface area (Å²) < 4.78 is 13.6. The number of nitrogens with zero attached hydrogens (tertiary/aromatic N) is 3. The molecular formula is C15H10BrN5O2. The maximum absolute atomic E-state index is 5.42. The Balaban J connectivity index is 1.61. The van der Waals surface area contributed by atoms with Crippen LogP contribution in [0.3, 0.4) is 0 Å². The van der Waals surface area contributed by atoms with Crippen molar-refractivity contribution in [2.45, 2.75) is 0 Å². The highest BCUT2D eigenvalue weighted by Gasteiger charge is 2.18. The Morgan fingerprint density at radius 1 is 1.13 bits per heavy atom. The SMILES string of the molecule is Brc1ccccc1Nc1nc2nc3cc4c(cc3n2[nH]1)OCO4. The largest absolute Gasteiger partial charge is 0.454 e. The molecule has 114 valence electrons. The van der Waals surface area contributed by atoms with Gasteiger partial charge in [-0.2, -0.15) is 4.98 Å². The van der Waals surface area contributed by atoms with Crippen molar-refractivity contribution in [3.8, 4) is 11.5 Å². The van der Waals surface area contributed by atoms with Gasteiger partial charge < -0.3 is 14.8 Å². The van der Waals surface area contributed by atoms with Crippen LogP contribution in [0, 0.1) is 0 Å². The zero-order chi connectivity index (χ0) is 15.4. The van der Waals surface area contributed by atoms with Crippen molar-refractivity contribution in [3.63, 3.8) is 0 Å². The van der Waals surface area contributed by atoms with Crippen molar-refractivity contribution in [1.29, 1.82) is 0 Å². The molecule has 4 aromatic rings. The highest BCUT2D eigenvalue weighted by molar-refractivity contribution is 9.10. The number of rotatable bonds is 2. The third kappa shape index (κ3) is 1.95. The van der Waals surface area contributed by atoms with E-state index in [2.05, 4.69) is 36.3 Å². The first-order chi connectivity index (χ1) is 11.3. The zero-order valence-electron chi connectivity index (χ0n) is 11.7. The average molecular weight is 372 g/mol. The first kappa shape index (κ1) is 12.8. The van der Waals surface area contributed by atoms with Crippen LogP contribution in [0.5, 0.6) is 11.5 Å². The molecule has 0 radical (unpaired) electrons. The number of nitrogens with one attached hydrogen (secondary N) is 2. The maximum Gasteiger partial charge on any atom is 0.253 e. The minimum absolute atomic E-state index is 0.244. The van der Waals surface area contributed by atoms with Crippen molar-refractivity contribution in [3.05, 3.63) is 40.9 Å². The fourth-order valence-electron chi connectivity index (χ4n) is 2.62. The van der Waals surface area contributed by atoms with E-state index >= 15 is 0 Å². The summed E-state index contributed by atoms with van der Waals surface area (Å²) in [5, 5.41) is 6.43. The van der Waals surface area contributed by atoms with Gasteiger partial charge >= 0.3 is 0 Å². The van der Waals surface area contributed by atoms with Crippen LogP contribution >= 0.6 is 15.9 Å². The van der Waals surface area contributed by atoms with E-state index in [1.165, 1.54) is 0 Å². The average Bonchev–Trinajstić information content (AvgIpc) is 3.21. The molecule has 7 nitrogen and oxygen atoms in total. The van der Waals surface area contributed by atoms with Crippen molar-refractivity contribution < 1.29 is 9.47 Å². The lowest BCUT2D eigenvalue weighted by Gasteiger charge is -2.04. The van der Waals surface area contributed by atoms with Gasteiger partial charge in [0.1, 0.15) is 0 Å². The minimum atomic E-state index is 0.244. The predicted molar refractivity (Wildman–Crippen MR) is 88.4 cm³/mol. The lowest BCUT2D eigenvalue weighted by molar-refractivity contribution is 0.174. The van der Waals surface area contributed by atoms with Crippen molar-refractivity contribution in [2.75, 3.05) is 12.1 Å². The molecule has 8 heteroatoms. The fraction of sp³-hybridized carbons (Fsp3) is 0.0667. The molecule has 1 aliphatic heterocycles.